The molecule has 37 heavy (non-hydrogen) atoms. The topological polar surface area (TPSA) is 74.6 Å². The molecule has 1 N–H and O–H groups in total. The van der Waals surface area contributed by atoms with Gasteiger partial charge in [0.2, 0.25) is 0 Å². The molecule has 8 heteroatoms. The van der Waals surface area contributed by atoms with Gasteiger partial charge in [-0.25, -0.2) is 0 Å². The van der Waals surface area contributed by atoms with E-state index in [2.05, 4.69) is 62.6 Å². The van der Waals surface area contributed by atoms with Crippen LogP contribution < -0.4 is 19.7 Å². The van der Waals surface area contributed by atoms with Crippen LogP contribution in [0.2, 0.25) is 0 Å². The van der Waals surface area contributed by atoms with Gasteiger partial charge in [0.05, 0.1) is 10.2 Å². The molecule has 3 rings (SSSR count). The lowest BCUT2D eigenvalue weighted by atomic mass is 10.1. The zero-order valence-corrected chi connectivity index (χ0v) is 24.8. The van der Waals surface area contributed by atoms with Gasteiger partial charge in [0.15, 0.2) is 11.5 Å². The van der Waals surface area contributed by atoms with E-state index in [-0.39, 0.29) is 5.57 Å². The number of hydrogen-bond donors (Lipinski definition) is 1. The van der Waals surface area contributed by atoms with Crippen LogP contribution in [0.25, 0.3) is 6.08 Å². The van der Waals surface area contributed by atoms with Gasteiger partial charge in [0.1, 0.15) is 18.2 Å². The predicted octanol–water partition coefficient (Wildman–Crippen LogP) is 7.42. The second-order valence-electron chi connectivity index (χ2n) is 8.02. The summed E-state index contributed by atoms with van der Waals surface area (Å²) in [4.78, 5) is 15.1. The number of nitrogens with zero attached hydrogens (tertiary/aromatic N) is 2. The Morgan fingerprint density at radius 3 is 2.32 bits per heavy atom. The fraction of sp³-hybridized carbons (Fsp3) is 0.241. The Morgan fingerprint density at radius 1 is 1.05 bits per heavy atom. The molecule has 0 radical (unpaired) electrons. The number of hydrogen-bond acceptors (Lipinski definition) is 5. The minimum atomic E-state index is -0.471. The van der Waals surface area contributed by atoms with Crippen molar-refractivity contribution in [2.45, 2.75) is 27.4 Å². The SMILES string of the molecule is CCOc1cc(/C=C(/C#N)C(=O)Nc2ccc(N(CC)CC)cc2)cc(I)c1OCc1ccc(Br)cc1. The molecule has 192 valence electrons. The van der Waals surface area contributed by atoms with Gasteiger partial charge in [-0.15, -0.1) is 0 Å². The number of rotatable bonds is 11. The summed E-state index contributed by atoms with van der Waals surface area (Å²) in [5.41, 5.74) is 3.41. The van der Waals surface area contributed by atoms with E-state index < -0.39 is 5.91 Å². The number of carbonyl (C=O) groups excluding carboxylic acids is 1. The molecule has 0 aliphatic carbocycles. The van der Waals surface area contributed by atoms with Crippen LogP contribution in [-0.4, -0.2) is 25.6 Å². The van der Waals surface area contributed by atoms with Crippen LogP contribution in [0.1, 0.15) is 31.9 Å². The number of carbonyl (C=O) groups is 1. The van der Waals surface area contributed by atoms with Gasteiger partial charge >= 0.3 is 0 Å². The van der Waals surface area contributed by atoms with E-state index >= 15 is 0 Å². The molecule has 1 amide bonds. The second-order valence-corrected chi connectivity index (χ2v) is 10.1. The lowest BCUT2D eigenvalue weighted by Gasteiger charge is -2.21. The number of benzene rings is 3. The third-order valence-corrected chi connectivity index (χ3v) is 6.89. The number of amides is 1. The van der Waals surface area contributed by atoms with Crippen LogP contribution in [0, 0.1) is 14.9 Å². The quantitative estimate of drug-likeness (QED) is 0.130. The van der Waals surface area contributed by atoms with Crippen molar-refractivity contribution in [1.29, 1.82) is 5.26 Å². The van der Waals surface area contributed by atoms with Gasteiger partial charge < -0.3 is 19.7 Å². The Hall–Kier alpha value is -3.03. The van der Waals surface area contributed by atoms with Gasteiger partial charge in [-0.1, -0.05) is 28.1 Å². The molecule has 0 aromatic heterocycles. The Bertz CT molecular complexity index is 1280. The Kier molecular flexibility index (Phi) is 10.8. The second kappa shape index (κ2) is 14.1. The Balaban J connectivity index is 1.79. The van der Waals surface area contributed by atoms with Crippen LogP contribution in [0.5, 0.6) is 11.5 Å². The first kappa shape index (κ1) is 28.5. The highest BCUT2D eigenvalue weighted by atomic mass is 127. The molecule has 0 aliphatic heterocycles. The summed E-state index contributed by atoms with van der Waals surface area (Å²) in [6.45, 7) is 8.74. The molecule has 0 unspecified atom stereocenters. The van der Waals surface area contributed by atoms with Crippen molar-refractivity contribution < 1.29 is 14.3 Å². The van der Waals surface area contributed by atoms with Crippen molar-refractivity contribution in [1.82, 2.24) is 0 Å². The largest absolute Gasteiger partial charge is 0.490 e. The predicted molar refractivity (Wildman–Crippen MR) is 161 cm³/mol. The molecule has 0 aliphatic rings. The zero-order valence-electron chi connectivity index (χ0n) is 21.1. The maximum atomic E-state index is 12.9. The van der Waals surface area contributed by atoms with E-state index in [0.717, 1.165) is 32.4 Å². The summed E-state index contributed by atoms with van der Waals surface area (Å²) < 4.78 is 13.7. The van der Waals surface area contributed by atoms with Gasteiger partial charge in [-0.2, -0.15) is 5.26 Å². The van der Waals surface area contributed by atoms with Gasteiger partial charge in [-0.05, 0) is 109 Å². The van der Waals surface area contributed by atoms with Crippen molar-refractivity contribution in [2.24, 2.45) is 0 Å². The lowest BCUT2D eigenvalue weighted by Crippen LogP contribution is -2.21. The van der Waals surface area contributed by atoms with E-state index in [9.17, 15) is 10.1 Å². The minimum absolute atomic E-state index is 0.00500. The summed E-state index contributed by atoms with van der Waals surface area (Å²) >= 11 is 5.62. The number of ether oxygens (including phenoxy) is 2. The smallest absolute Gasteiger partial charge is 0.266 e. The first-order valence-corrected chi connectivity index (χ1v) is 13.9. The summed E-state index contributed by atoms with van der Waals surface area (Å²) in [6.07, 6.45) is 1.56. The standard InChI is InChI=1S/C29H29BrIN3O3/c1-4-34(5-2)25-13-11-24(12-14-25)33-29(35)22(18-32)15-21-16-26(31)28(27(17-21)36-6-3)37-19-20-7-9-23(30)10-8-20/h7-17H,4-6,19H2,1-3H3,(H,33,35)/b22-15-. The molecule has 6 nitrogen and oxygen atoms in total. The van der Waals surface area contributed by atoms with E-state index in [4.69, 9.17) is 9.47 Å². The average molecular weight is 674 g/mol. The van der Waals surface area contributed by atoms with Gasteiger partial charge in [0.25, 0.3) is 5.91 Å². The van der Waals surface area contributed by atoms with Gasteiger partial charge in [-0.3, -0.25) is 4.79 Å². The van der Waals surface area contributed by atoms with Crippen molar-refractivity contribution in [3.05, 3.63) is 85.4 Å². The fourth-order valence-corrected chi connectivity index (χ4v) is 4.71. The van der Waals surface area contributed by atoms with E-state index in [1.54, 1.807) is 12.1 Å². The molecule has 3 aromatic rings. The summed E-state index contributed by atoms with van der Waals surface area (Å²) in [6, 6.07) is 21.2. The molecular formula is C29H29BrIN3O3. The van der Waals surface area contributed by atoms with Crippen LogP contribution in [-0.2, 0) is 11.4 Å². The maximum Gasteiger partial charge on any atom is 0.266 e. The third-order valence-electron chi connectivity index (χ3n) is 5.56. The highest BCUT2D eigenvalue weighted by Crippen LogP contribution is 2.35. The Labute approximate surface area is 240 Å². The normalized spacial score (nSPS) is 11.0. The maximum absolute atomic E-state index is 12.9. The number of anilines is 2. The molecular weight excluding hydrogens is 645 g/mol. The van der Waals surface area contributed by atoms with Crippen molar-refractivity contribution in [2.75, 3.05) is 29.9 Å². The summed E-state index contributed by atoms with van der Waals surface area (Å²) in [5, 5.41) is 12.5. The van der Waals surface area contributed by atoms with E-state index in [0.29, 0.717) is 36.0 Å². The van der Waals surface area contributed by atoms with Crippen LogP contribution >= 0.6 is 38.5 Å². The highest BCUT2D eigenvalue weighted by molar-refractivity contribution is 14.1. The average Bonchev–Trinajstić information content (AvgIpc) is 2.89. The number of nitriles is 1. The molecule has 0 fully saturated rings. The van der Waals surface area contributed by atoms with Gasteiger partial charge in [0, 0.05) is 28.9 Å². The molecule has 0 spiro atoms. The number of nitrogens with one attached hydrogen (secondary N) is 1. The van der Waals surface area contributed by atoms with Crippen molar-refractivity contribution in [3.63, 3.8) is 0 Å². The first-order valence-electron chi connectivity index (χ1n) is 12.0. The first-order chi connectivity index (χ1) is 17.9. The zero-order chi connectivity index (χ0) is 26.8. The third kappa shape index (κ3) is 7.98. The lowest BCUT2D eigenvalue weighted by molar-refractivity contribution is -0.112. The van der Waals surface area contributed by atoms with E-state index in [1.807, 2.05) is 67.6 Å². The van der Waals surface area contributed by atoms with Crippen LogP contribution in [0.15, 0.2) is 70.7 Å². The van der Waals surface area contributed by atoms with Crippen molar-refractivity contribution in [3.8, 4) is 17.6 Å². The Morgan fingerprint density at radius 2 is 1.73 bits per heavy atom. The molecule has 0 saturated heterocycles. The van der Waals surface area contributed by atoms with Crippen LogP contribution in [0.4, 0.5) is 11.4 Å². The monoisotopic (exact) mass is 673 g/mol. The molecule has 0 heterocycles. The molecule has 3 aromatic carbocycles. The summed E-state index contributed by atoms with van der Waals surface area (Å²) in [7, 11) is 0. The van der Waals surface area contributed by atoms with E-state index in [1.165, 1.54) is 0 Å². The minimum Gasteiger partial charge on any atom is -0.490 e. The molecule has 0 atom stereocenters. The molecule has 0 saturated carbocycles. The fourth-order valence-electron chi connectivity index (χ4n) is 3.67. The summed E-state index contributed by atoms with van der Waals surface area (Å²) in [5.74, 6) is 0.711. The molecule has 0 bridgehead atoms. The van der Waals surface area contributed by atoms with Crippen LogP contribution in [0.3, 0.4) is 0 Å². The highest BCUT2D eigenvalue weighted by Gasteiger charge is 2.15. The number of halogens is 2. The van der Waals surface area contributed by atoms with Crippen molar-refractivity contribution >= 4 is 61.9 Å².